The summed E-state index contributed by atoms with van der Waals surface area (Å²) in [6, 6.07) is 7.35. The van der Waals surface area contributed by atoms with Gasteiger partial charge in [-0.3, -0.25) is 0 Å². The van der Waals surface area contributed by atoms with Gasteiger partial charge in [0, 0.05) is 17.8 Å². The molecule has 0 bridgehead atoms. The minimum absolute atomic E-state index is 0.353. The van der Waals surface area contributed by atoms with E-state index in [-0.39, 0.29) is 0 Å². The van der Waals surface area contributed by atoms with Crippen LogP contribution in [0.2, 0.25) is 0 Å². The lowest BCUT2D eigenvalue weighted by atomic mass is 10.1. The van der Waals surface area contributed by atoms with Crippen molar-refractivity contribution in [2.45, 2.75) is 20.0 Å². The number of nitrogens with one attached hydrogen (secondary N) is 1. The molecule has 0 amide bonds. The zero-order valence-corrected chi connectivity index (χ0v) is 13.3. The molecule has 7 nitrogen and oxygen atoms in total. The van der Waals surface area contributed by atoms with Crippen molar-refractivity contribution in [3.8, 4) is 5.75 Å². The van der Waals surface area contributed by atoms with Gasteiger partial charge in [-0.15, -0.1) is 0 Å². The quantitative estimate of drug-likeness (QED) is 0.748. The van der Waals surface area contributed by atoms with Crippen LogP contribution < -0.4 is 10.1 Å². The van der Waals surface area contributed by atoms with Crippen LogP contribution in [0.5, 0.6) is 5.75 Å². The first kappa shape index (κ1) is 15.2. The number of hydrogen-bond acceptors (Lipinski definition) is 6. The molecule has 7 heteroatoms. The highest BCUT2D eigenvalue weighted by Crippen LogP contribution is 2.21. The van der Waals surface area contributed by atoms with Crippen molar-refractivity contribution < 1.29 is 9.84 Å². The summed E-state index contributed by atoms with van der Waals surface area (Å²) in [4.78, 5) is 8.48. The molecule has 0 saturated heterocycles. The van der Waals surface area contributed by atoms with E-state index in [0.29, 0.717) is 12.3 Å². The fraction of sp³-hybridized carbons (Fsp3) is 0.312. The zero-order valence-electron chi connectivity index (χ0n) is 13.3. The van der Waals surface area contributed by atoms with Crippen molar-refractivity contribution in [3.63, 3.8) is 0 Å². The number of hydrogen-bond donors (Lipinski definition) is 2. The Bertz CT molecular complexity index is 813. The third-order valence-electron chi connectivity index (χ3n) is 3.87. The second-order valence-electron chi connectivity index (χ2n) is 5.31. The van der Waals surface area contributed by atoms with Gasteiger partial charge >= 0.3 is 0 Å². The standard InChI is InChI=1S/C16H19N5O2/c1-10-11(2)20-16-18-9-19-21(16)15(10)17-8-14(22)12-4-6-13(23-3)7-5-12/h4-7,9,14,17,22H,8H2,1-3H3/t14-/m1/s1. The number of nitrogens with zero attached hydrogens (tertiary/aromatic N) is 4. The van der Waals surface area contributed by atoms with Gasteiger partial charge < -0.3 is 15.2 Å². The van der Waals surface area contributed by atoms with Crippen LogP contribution >= 0.6 is 0 Å². The van der Waals surface area contributed by atoms with Gasteiger partial charge in [0.2, 0.25) is 0 Å². The van der Waals surface area contributed by atoms with Crippen molar-refractivity contribution in [1.29, 1.82) is 0 Å². The minimum atomic E-state index is -0.646. The minimum Gasteiger partial charge on any atom is -0.497 e. The fourth-order valence-electron chi connectivity index (χ4n) is 2.38. The molecule has 2 heterocycles. The van der Waals surface area contributed by atoms with E-state index < -0.39 is 6.10 Å². The van der Waals surface area contributed by atoms with E-state index in [1.54, 1.807) is 11.6 Å². The van der Waals surface area contributed by atoms with Gasteiger partial charge in [0.1, 0.15) is 17.9 Å². The lowest BCUT2D eigenvalue weighted by molar-refractivity contribution is 0.191. The first-order valence-electron chi connectivity index (χ1n) is 7.33. The zero-order chi connectivity index (χ0) is 16.4. The van der Waals surface area contributed by atoms with Gasteiger partial charge in [0.15, 0.2) is 0 Å². The van der Waals surface area contributed by atoms with Crippen LogP contribution in [0.25, 0.3) is 5.78 Å². The van der Waals surface area contributed by atoms with E-state index in [9.17, 15) is 5.11 Å². The van der Waals surface area contributed by atoms with E-state index in [2.05, 4.69) is 20.4 Å². The second kappa shape index (κ2) is 6.21. The molecular formula is C16H19N5O2. The van der Waals surface area contributed by atoms with Gasteiger partial charge in [-0.25, -0.2) is 4.98 Å². The third kappa shape index (κ3) is 2.95. The molecule has 1 aromatic carbocycles. The highest BCUT2D eigenvalue weighted by molar-refractivity contribution is 5.52. The molecule has 0 aliphatic rings. The fourth-order valence-corrected chi connectivity index (χ4v) is 2.38. The Balaban J connectivity index is 1.79. The number of aliphatic hydroxyl groups is 1. The van der Waals surface area contributed by atoms with Crippen molar-refractivity contribution in [2.75, 3.05) is 19.0 Å². The Labute approximate surface area is 134 Å². The van der Waals surface area contributed by atoms with Gasteiger partial charge in [-0.05, 0) is 31.5 Å². The van der Waals surface area contributed by atoms with Crippen molar-refractivity contribution >= 4 is 11.6 Å². The maximum absolute atomic E-state index is 10.4. The summed E-state index contributed by atoms with van der Waals surface area (Å²) in [5.41, 5.74) is 2.67. The van der Waals surface area contributed by atoms with Crippen LogP contribution in [-0.4, -0.2) is 38.3 Å². The van der Waals surface area contributed by atoms with Crippen LogP contribution in [0.15, 0.2) is 30.6 Å². The smallest absolute Gasteiger partial charge is 0.254 e. The molecule has 23 heavy (non-hydrogen) atoms. The summed E-state index contributed by atoms with van der Waals surface area (Å²) in [6.45, 7) is 4.24. The molecule has 1 atom stereocenters. The number of aryl methyl sites for hydroxylation is 1. The Morgan fingerprint density at radius 1 is 1.26 bits per heavy atom. The van der Waals surface area contributed by atoms with Gasteiger partial charge in [-0.2, -0.15) is 14.6 Å². The van der Waals surface area contributed by atoms with Crippen molar-refractivity contribution in [2.24, 2.45) is 0 Å². The van der Waals surface area contributed by atoms with E-state index in [4.69, 9.17) is 4.74 Å². The number of anilines is 1. The Hall–Kier alpha value is -2.67. The number of benzene rings is 1. The first-order valence-corrected chi connectivity index (χ1v) is 7.33. The molecule has 2 aromatic heterocycles. The molecule has 2 N–H and O–H groups in total. The average molecular weight is 313 g/mol. The van der Waals surface area contributed by atoms with Crippen LogP contribution in [0, 0.1) is 13.8 Å². The number of aromatic nitrogens is 4. The van der Waals surface area contributed by atoms with Crippen LogP contribution in [-0.2, 0) is 0 Å². The summed E-state index contributed by atoms with van der Waals surface area (Å²) in [5.74, 6) is 2.09. The highest BCUT2D eigenvalue weighted by Gasteiger charge is 2.13. The largest absolute Gasteiger partial charge is 0.497 e. The van der Waals surface area contributed by atoms with Crippen molar-refractivity contribution in [1.82, 2.24) is 19.6 Å². The first-order chi connectivity index (χ1) is 11.1. The second-order valence-corrected chi connectivity index (χ2v) is 5.31. The number of fused-ring (bicyclic) bond motifs is 1. The lowest BCUT2D eigenvalue weighted by Crippen LogP contribution is -2.16. The molecule has 3 aromatic rings. The maximum atomic E-state index is 10.4. The van der Waals surface area contributed by atoms with E-state index in [1.807, 2.05) is 38.1 Å². The number of methoxy groups -OCH3 is 1. The maximum Gasteiger partial charge on any atom is 0.254 e. The molecule has 0 unspecified atom stereocenters. The molecule has 0 radical (unpaired) electrons. The predicted octanol–water partition coefficient (Wildman–Crippen LogP) is 1.90. The summed E-state index contributed by atoms with van der Waals surface area (Å²) in [6.07, 6.45) is 0.819. The Morgan fingerprint density at radius 2 is 2.00 bits per heavy atom. The summed E-state index contributed by atoms with van der Waals surface area (Å²) in [7, 11) is 1.62. The predicted molar refractivity (Wildman–Crippen MR) is 86.7 cm³/mol. The topological polar surface area (TPSA) is 84.6 Å². The number of ether oxygens (including phenoxy) is 1. The van der Waals surface area contributed by atoms with E-state index in [1.165, 1.54) is 6.33 Å². The monoisotopic (exact) mass is 313 g/mol. The van der Waals surface area contributed by atoms with Crippen LogP contribution in [0.1, 0.15) is 22.9 Å². The van der Waals surface area contributed by atoms with Crippen molar-refractivity contribution in [3.05, 3.63) is 47.4 Å². The summed E-state index contributed by atoms with van der Waals surface area (Å²) >= 11 is 0. The molecule has 0 fully saturated rings. The molecule has 120 valence electrons. The molecule has 3 rings (SSSR count). The third-order valence-corrected chi connectivity index (χ3v) is 3.87. The highest BCUT2D eigenvalue weighted by atomic mass is 16.5. The summed E-state index contributed by atoms with van der Waals surface area (Å²) in [5, 5.41) is 17.8. The Kier molecular flexibility index (Phi) is 4.12. The van der Waals surface area contributed by atoms with Gasteiger partial charge in [0.05, 0.1) is 13.2 Å². The lowest BCUT2D eigenvalue weighted by Gasteiger charge is -2.16. The van der Waals surface area contributed by atoms with Crippen LogP contribution in [0.3, 0.4) is 0 Å². The van der Waals surface area contributed by atoms with Crippen LogP contribution in [0.4, 0.5) is 5.82 Å². The molecule has 0 saturated carbocycles. The number of rotatable bonds is 5. The molecular weight excluding hydrogens is 294 g/mol. The number of aliphatic hydroxyl groups excluding tert-OH is 1. The Morgan fingerprint density at radius 3 is 2.70 bits per heavy atom. The van der Waals surface area contributed by atoms with E-state index in [0.717, 1.165) is 28.4 Å². The molecule has 0 spiro atoms. The molecule has 0 aliphatic carbocycles. The van der Waals surface area contributed by atoms with Gasteiger partial charge in [-0.1, -0.05) is 12.1 Å². The van der Waals surface area contributed by atoms with E-state index >= 15 is 0 Å². The van der Waals surface area contributed by atoms with Gasteiger partial charge in [0.25, 0.3) is 5.78 Å². The summed E-state index contributed by atoms with van der Waals surface area (Å²) < 4.78 is 6.77. The average Bonchev–Trinajstić information content (AvgIpc) is 3.03. The molecule has 0 aliphatic heterocycles. The normalized spacial score (nSPS) is 12.3. The SMILES string of the molecule is COc1ccc([C@H](O)CNc2c(C)c(C)nc3ncnn23)cc1.